The molecule has 0 bridgehead atoms. The molecule has 1 atom stereocenters. The van der Waals surface area contributed by atoms with Crippen LogP contribution in [0.15, 0.2) is 29.7 Å². The highest BCUT2D eigenvalue weighted by atomic mass is 16.3. The van der Waals surface area contributed by atoms with Crippen LogP contribution in [0.4, 0.5) is 0 Å². The fourth-order valence-electron chi connectivity index (χ4n) is 1.54. The Bertz CT molecular complexity index is 468. The van der Waals surface area contributed by atoms with Crippen molar-refractivity contribution >= 4 is 0 Å². The Balaban J connectivity index is 2.51. The number of aromatic nitrogens is 1. The molecule has 0 spiro atoms. The predicted octanol–water partition coefficient (Wildman–Crippen LogP) is 1.90. The number of hydrogen-bond acceptors (Lipinski definition) is 3. The van der Waals surface area contributed by atoms with Gasteiger partial charge in [-0.15, -0.1) is 4.91 Å². The molecular formula is C9H11N3O. The number of nitroso groups, excluding NO2 is 1. The molecule has 0 radical (unpaired) electrons. The van der Waals surface area contributed by atoms with E-state index in [4.69, 9.17) is 5.48 Å². The lowest BCUT2D eigenvalue weighted by atomic mass is 10.1. The summed E-state index contributed by atoms with van der Waals surface area (Å²) in [4.78, 5) is 14.2. The van der Waals surface area contributed by atoms with Crippen LogP contribution in [-0.4, -0.2) is 16.5 Å². The van der Waals surface area contributed by atoms with E-state index in [1.165, 1.54) is 5.01 Å². The molecule has 1 aliphatic rings. The summed E-state index contributed by atoms with van der Waals surface area (Å²) >= 11 is 0. The second-order valence-electron chi connectivity index (χ2n) is 2.90. The van der Waals surface area contributed by atoms with E-state index in [9.17, 15) is 4.91 Å². The topological polar surface area (TPSA) is 45.6 Å². The number of pyridine rings is 1. The molecule has 0 aliphatic carbocycles. The first-order valence-electron chi connectivity index (χ1n) is 6.10. The average Bonchev–Trinajstić information content (AvgIpc) is 2.74. The van der Waals surface area contributed by atoms with Crippen molar-refractivity contribution in [3.05, 3.63) is 34.9 Å². The highest BCUT2D eigenvalue weighted by Crippen LogP contribution is 2.30. The van der Waals surface area contributed by atoms with Crippen LogP contribution in [0.1, 0.15) is 29.9 Å². The maximum Gasteiger partial charge on any atom is 0.0844 e. The summed E-state index contributed by atoms with van der Waals surface area (Å²) in [5, 5.41) is 4.13. The van der Waals surface area contributed by atoms with Gasteiger partial charge in [0.1, 0.15) is 0 Å². The Labute approximate surface area is 82.1 Å². The van der Waals surface area contributed by atoms with Gasteiger partial charge in [-0.2, -0.15) is 0 Å². The van der Waals surface area contributed by atoms with Crippen LogP contribution in [0, 0.1) is 4.91 Å². The zero-order valence-electron chi connectivity index (χ0n) is 10.9. The highest BCUT2D eigenvalue weighted by Gasteiger charge is 2.25. The van der Waals surface area contributed by atoms with Gasteiger partial charge in [0.25, 0.3) is 0 Å². The molecular weight excluding hydrogens is 166 g/mol. The van der Waals surface area contributed by atoms with E-state index in [1.807, 2.05) is 0 Å². The third kappa shape index (κ3) is 1.52. The van der Waals surface area contributed by atoms with Gasteiger partial charge in [-0.3, -0.25) is 9.99 Å². The van der Waals surface area contributed by atoms with Gasteiger partial charge < -0.3 is 0 Å². The highest BCUT2D eigenvalue weighted by molar-refractivity contribution is 5.14. The number of nitrogens with zero attached hydrogens (tertiary/aromatic N) is 3. The summed E-state index contributed by atoms with van der Waals surface area (Å²) < 4.78 is 30.3. The smallest absolute Gasteiger partial charge is 0.0844 e. The predicted molar refractivity (Wildman–Crippen MR) is 48.7 cm³/mol. The van der Waals surface area contributed by atoms with Gasteiger partial charge in [-0.25, -0.2) is 0 Å². The van der Waals surface area contributed by atoms with Gasteiger partial charge in [0, 0.05) is 18.9 Å². The Morgan fingerprint density at radius 1 is 1.77 bits per heavy atom. The molecule has 0 aromatic carbocycles. The second kappa shape index (κ2) is 3.51. The van der Waals surface area contributed by atoms with Gasteiger partial charge in [-0.1, -0.05) is 6.04 Å². The molecule has 68 valence electrons. The molecule has 1 saturated heterocycles. The maximum absolute atomic E-state index is 10.6. The van der Waals surface area contributed by atoms with Crippen molar-refractivity contribution in [2.75, 3.05) is 6.54 Å². The minimum atomic E-state index is -0.454. The fraction of sp³-hybridized carbons (Fsp3) is 0.444. The summed E-state index contributed by atoms with van der Waals surface area (Å²) in [6.07, 6.45) is 0.775. The fourth-order valence-corrected chi connectivity index (χ4v) is 1.54. The molecule has 1 aromatic rings. The lowest BCUT2D eigenvalue weighted by Crippen LogP contribution is -2.15. The van der Waals surface area contributed by atoms with Crippen LogP contribution < -0.4 is 0 Å². The Hall–Kier alpha value is -1.45. The van der Waals surface area contributed by atoms with E-state index in [0.717, 1.165) is 6.42 Å². The molecule has 1 aliphatic heterocycles. The molecule has 0 amide bonds. The first-order valence-corrected chi connectivity index (χ1v) is 4.10. The van der Waals surface area contributed by atoms with E-state index in [-0.39, 0.29) is 30.0 Å². The first kappa shape index (κ1) is 4.69. The molecule has 0 saturated carbocycles. The molecule has 2 heterocycles. The van der Waals surface area contributed by atoms with E-state index in [1.54, 1.807) is 0 Å². The van der Waals surface area contributed by atoms with E-state index in [0.29, 0.717) is 13.0 Å². The summed E-state index contributed by atoms with van der Waals surface area (Å²) in [5.74, 6) is 0. The van der Waals surface area contributed by atoms with Crippen LogP contribution in [0.25, 0.3) is 0 Å². The normalized spacial score (nSPS) is 26.2. The van der Waals surface area contributed by atoms with Crippen LogP contribution in [-0.2, 0) is 0 Å². The van der Waals surface area contributed by atoms with Crippen molar-refractivity contribution < 1.29 is 5.48 Å². The number of rotatable bonds is 2. The van der Waals surface area contributed by atoms with E-state index >= 15 is 0 Å². The van der Waals surface area contributed by atoms with Gasteiger partial charge in [0.05, 0.1) is 16.8 Å². The zero-order valence-corrected chi connectivity index (χ0v) is 6.95. The molecule has 1 fully saturated rings. The summed E-state index contributed by atoms with van der Waals surface area (Å²) in [7, 11) is 0. The Kier molecular flexibility index (Phi) is 1.27. The molecule has 13 heavy (non-hydrogen) atoms. The lowest BCUT2D eigenvalue weighted by molar-refractivity contribution is 0.266. The van der Waals surface area contributed by atoms with Crippen LogP contribution in [0.5, 0.6) is 0 Å². The minimum absolute atomic E-state index is 0.199. The first-order chi connectivity index (χ1) is 8.06. The summed E-state index contributed by atoms with van der Waals surface area (Å²) in [5.41, 5.74) is 0.225. The summed E-state index contributed by atoms with van der Waals surface area (Å²) in [6.45, 7) is 0.489. The van der Waals surface area contributed by atoms with Crippen molar-refractivity contribution in [2.24, 2.45) is 5.29 Å². The van der Waals surface area contributed by atoms with Gasteiger partial charge >= 0.3 is 0 Å². The second-order valence-corrected chi connectivity index (χ2v) is 2.90. The molecule has 4 nitrogen and oxygen atoms in total. The van der Waals surface area contributed by atoms with Crippen LogP contribution in [0.3, 0.4) is 0 Å². The Morgan fingerprint density at radius 2 is 2.69 bits per heavy atom. The summed E-state index contributed by atoms with van der Waals surface area (Å²) in [6, 6.07) is -0.964. The number of hydrogen-bond donors (Lipinski definition) is 0. The van der Waals surface area contributed by atoms with Crippen molar-refractivity contribution in [3.8, 4) is 0 Å². The van der Waals surface area contributed by atoms with E-state index < -0.39 is 6.04 Å². The van der Waals surface area contributed by atoms with Gasteiger partial charge in [0.15, 0.2) is 0 Å². The van der Waals surface area contributed by atoms with Crippen molar-refractivity contribution in [1.29, 1.82) is 0 Å². The SMILES string of the molecule is [2H]c1nc([2H])c(C2CCCN2N=O)c([2H])c1[2H]. The maximum atomic E-state index is 10.6. The molecule has 2 rings (SSSR count). The monoisotopic (exact) mass is 181 g/mol. The average molecular weight is 181 g/mol. The molecule has 4 heteroatoms. The third-order valence-corrected chi connectivity index (χ3v) is 2.15. The van der Waals surface area contributed by atoms with Crippen molar-refractivity contribution in [2.45, 2.75) is 18.9 Å². The Morgan fingerprint density at radius 3 is 3.54 bits per heavy atom. The van der Waals surface area contributed by atoms with Gasteiger partial charge in [0.2, 0.25) is 0 Å². The van der Waals surface area contributed by atoms with Crippen LogP contribution in [0.2, 0.25) is 0 Å². The third-order valence-electron chi connectivity index (χ3n) is 2.15. The standard InChI is InChI=1S/C9H11N3O/c13-11-12-6-2-4-9(12)8-3-1-5-10-7-8/h1,3,5,7,9H,2,4,6H2/i1D,3D,5D,7D. The largest absolute Gasteiger partial charge is 0.264 e. The van der Waals surface area contributed by atoms with Gasteiger partial charge in [-0.05, 0) is 24.4 Å². The van der Waals surface area contributed by atoms with Crippen molar-refractivity contribution in [3.63, 3.8) is 0 Å². The molecule has 0 N–H and O–H groups in total. The van der Waals surface area contributed by atoms with Crippen LogP contribution >= 0.6 is 0 Å². The lowest BCUT2D eigenvalue weighted by Gasteiger charge is -2.17. The molecule has 1 aromatic heterocycles. The van der Waals surface area contributed by atoms with E-state index in [2.05, 4.69) is 10.3 Å². The molecule has 1 unspecified atom stereocenters. The minimum Gasteiger partial charge on any atom is -0.264 e. The zero-order chi connectivity index (χ0) is 12.6. The van der Waals surface area contributed by atoms with Crippen molar-refractivity contribution in [1.82, 2.24) is 9.99 Å². The quantitative estimate of drug-likeness (QED) is 0.654.